The lowest BCUT2D eigenvalue weighted by molar-refractivity contribution is -0.131. The molecule has 3 rings (SSSR count). The van der Waals surface area contributed by atoms with Crippen LogP contribution in [0.15, 0.2) is 47.4 Å². The highest BCUT2D eigenvalue weighted by Gasteiger charge is 2.32. The van der Waals surface area contributed by atoms with Crippen LogP contribution in [0.5, 0.6) is 5.75 Å². The van der Waals surface area contributed by atoms with Crippen molar-refractivity contribution in [3.63, 3.8) is 0 Å². The van der Waals surface area contributed by atoms with Crippen LogP contribution in [0.3, 0.4) is 0 Å². The number of benzene rings is 2. The van der Waals surface area contributed by atoms with Crippen LogP contribution in [0, 0.1) is 0 Å². The van der Waals surface area contributed by atoms with Gasteiger partial charge < -0.3 is 10.0 Å². The van der Waals surface area contributed by atoms with E-state index in [-0.39, 0.29) is 59.2 Å². The molecule has 2 aromatic rings. The van der Waals surface area contributed by atoms with E-state index in [1.807, 2.05) is 0 Å². The molecular formula is C18H18Cl2N2O4S. The highest BCUT2D eigenvalue weighted by atomic mass is 35.5. The fourth-order valence-corrected chi connectivity index (χ4v) is 5.50. The van der Waals surface area contributed by atoms with Crippen molar-refractivity contribution >= 4 is 39.1 Å². The van der Waals surface area contributed by atoms with E-state index in [9.17, 15) is 18.3 Å². The molecule has 1 amide bonds. The Balaban J connectivity index is 1.67. The average molecular weight is 429 g/mol. The highest BCUT2D eigenvalue weighted by Crippen LogP contribution is 2.31. The van der Waals surface area contributed by atoms with Gasteiger partial charge in [0.25, 0.3) is 0 Å². The zero-order valence-electron chi connectivity index (χ0n) is 14.3. The predicted octanol–water partition coefficient (Wildman–Crippen LogP) is 2.77. The van der Waals surface area contributed by atoms with Crippen LogP contribution < -0.4 is 0 Å². The Hall–Kier alpha value is -1.80. The van der Waals surface area contributed by atoms with Crippen LogP contribution in [-0.2, 0) is 21.2 Å². The summed E-state index contributed by atoms with van der Waals surface area (Å²) in [4.78, 5) is 14.0. The molecule has 0 aromatic heterocycles. The van der Waals surface area contributed by atoms with Gasteiger partial charge >= 0.3 is 0 Å². The number of halogens is 2. The van der Waals surface area contributed by atoms with Gasteiger partial charge in [-0.3, -0.25) is 4.79 Å². The van der Waals surface area contributed by atoms with Crippen molar-refractivity contribution < 1.29 is 18.3 Å². The molecule has 1 saturated heterocycles. The first-order chi connectivity index (χ1) is 12.8. The van der Waals surface area contributed by atoms with Crippen LogP contribution in [-0.4, -0.2) is 54.8 Å². The molecule has 9 heteroatoms. The van der Waals surface area contributed by atoms with Gasteiger partial charge in [-0.1, -0.05) is 41.4 Å². The first-order valence-corrected chi connectivity index (χ1v) is 10.5. The Bertz CT molecular complexity index is 937. The zero-order valence-corrected chi connectivity index (χ0v) is 16.6. The summed E-state index contributed by atoms with van der Waals surface area (Å²) >= 11 is 12.1. The standard InChI is InChI=1S/C18H18Cl2N2O4S/c19-15-5-2-6-16(20)18(15)27(25,26)22-9-7-21(8-10-22)17(24)12-13-3-1-4-14(23)11-13/h1-6,11,23H,7-10,12H2. The summed E-state index contributed by atoms with van der Waals surface area (Å²) in [6.45, 7) is 0.878. The van der Waals surface area contributed by atoms with Crippen molar-refractivity contribution in [2.24, 2.45) is 0 Å². The summed E-state index contributed by atoms with van der Waals surface area (Å²) in [6, 6.07) is 11.1. The number of nitrogens with zero attached hydrogens (tertiary/aromatic N) is 2. The van der Waals surface area contributed by atoms with Gasteiger partial charge in [-0.05, 0) is 29.8 Å². The van der Waals surface area contributed by atoms with E-state index in [1.54, 1.807) is 23.1 Å². The van der Waals surface area contributed by atoms with Crippen molar-refractivity contribution in [1.82, 2.24) is 9.21 Å². The predicted molar refractivity (Wildman–Crippen MR) is 104 cm³/mol. The Morgan fingerprint density at radius 3 is 2.19 bits per heavy atom. The Labute approximate surface area is 168 Å². The lowest BCUT2D eigenvalue weighted by Crippen LogP contribution is -2.50. The highest BCUT2D eigenvalue weighted by molar-refractivity contribution is 7.89. The molecule has 0 spiro atoms. The number of carbonyl (C=O) groups is 1. The normalized spacial score (nSPS) is 15.7. The van der Waals surface area contributed by atoms with Gasteiger partial charge in [0.2, 0.25) is 15.9 Å². The smallest absolute Gasteiger partial charge is 0.246 e. The first-order valence-electron chi connectivity index (χ1n) is 8.29. The lowest BCUT2D eigenvalue weighted by Gasteiger charge is -2.34. The summed E-state index contributed by atoms with van der Waals surface area (Å²) in [6.07, 6.45) is 0.150. The molecule has 0 atom stereocenters. The fourth-order valence-electron chi connectivity index (χ4n) is 2.99. The maximum absolute atomic E-state index is 12.9. The third-order valence-electron chi connectivity index (χ3n) is 4.37. The summed E-state index contributed by atoms with van der Waals surface area (Å²) < 4.78 is 27.0. The summed E-state index contributed by atoms with van der Waals surface area (Å²) in [7, 11) is -3.84. The second-order valence-electron chi connectivity index (χ2n) is 6.18. The molecule has 1 aliphatic heterocycles. The molecule has 6 nitrogen and oxygen atoms in total. The minimum absolute atomic E-state index is 0.0740. The number of amides is 1. The Morgan fingerprint density at radius 1 is 1.00 bits per heavy atom. The fraction of sp³-hybridized carbons (Fsp3) is 0.278. The third kappa shape index (κ3) is 4.38. The van der Waals surface area contributed by atoms with Crippen molar-refractivity contribution in [1.29, 1.82) is 0 Å². The number of phenolic OH excluding ortho intramolecular Hbond substituents is 1. The average Bonchev–Trinajstić information content (AvgIpc) is 2.61. The molecule has 0 unspecified atom stereocenters. The van der Waals surface area contributed by atoms with E-state index >= 15 is 0 Å². The number of piperazine rings is 1. The zero-order chi connectivity index (χ0) is 19.6. The topological polar surface area (TPSA) is 77.9 Å². The molecule has 144 valence electrons. The largest absolute Gasteiger partial charge is 0.508 e. The SMILES string of the molecule is O=C(Cc1cccc(O)c1)N1CCN(S(=O)(=O)c2c(Cl)cccc2Cl)CC1. The van der Waals surface area contributed by atoms with Crippen LogP contribution in [0.25, 0.3) is 0 Å². The van der Waals surface area contributed by atoms with Crippen LogP contribution >= 0.6 is 23.2 Å². The molecule has 1 aliphatic rings. The van der Waals surface area contributed by atoms with E-state index < -0.39 is 10.0 Å². The van der Waals surface area contributed by atoms with Crippen molar-refractivity contribution in [3.05, 3.63) is 58.1 Å². The van der Waals surface area contributed by atoms with Gasteiger partial charge in [0.1, 0.15) is 10.6 Å². The van der Waals surface area contributed by atoms with Gasteiger partial charge in [0, 0.05) is 26.2 Å². The maximum Gasteiger partial charge on any atom is 0.246 e. The number of rotatable bonds is 4. The minimum atomic E-state index is -3.84. The van der Waals surface area contributed by atoms with E-state index in [2.05, 4.69) is 0 Å². The molecule has 0 saturated carbocycles. The summed E-state index contributed by atoms with van der Waals surface area (Å²) in [5, 5.41) is 9.64. The first kappa shape index (κ1) is 19.9. The molecular weight excluding hydrogens is 411 g/mol. The van der Waals surface area contributed by atoms with Crippen molar-refractivity contribution in [2.45, 2.75) is 11.3 Å². The van der Waals surface area contributed by atoms with E-state index in [4.69, 9.17) is 23.2 Å². The molecule has 1 heterocycles. The number of hydrogen-bond acceptors (Lipinski definition) is 4. The summed E-state index contributed by atoms with van der Waals surface area (Å²) in [5.41, 5.74) is 0.706. The van der Waals surface area contributed by atoms with E-state index in [1.165, 1.54) is 28.6 Å². The molecule has 0 bridgehead atoms. The van der Waals surface area contributed by atoms with Gasteiger partial charge in [-0.15, -0.1) is 0 Å². The van der Waals surface area contributed by atoms with Gasteiger partial charge in [-0.25, -0.2) is 8.42 Å². The number of phenols is 1. The quantitative estimate of drug-likeness (QED) is 0.811. The molecule has 0 radical (unpaired) electrons. The van der Waals surface area contributed by atoms with Crippen LogP contribution in [0.4, 0.5) is 0 Å². The third-order valence-corrected chi connectivity index (χ3v) is 7.23. The number of aromatic hydroxyl groups is 1. The van der Waals surface area contributed by atoms with Gasteiger partial charge in [0.15, 0.2) is 0 Å². The van der Waals surface area contributed by atoms with Crippen molar-refractivity contribution in [3.8, 4) is 5.75 Å². The minimum Gasteiger partial charge on any atom is -0.508 e. The second kappa shape index (κ2) is 8.06. The maximum atomic E-state index is 12.9. The molecule has 1 N–H and O–H groups in total. The van der Waals surface area contributed by atoms with Crippen LogP contribution in [0.1, 0.15) is 5.56 Å². The second-order valence-corrected chi connectivity index (χ2v) is 8.87. The van der Waals surface area contributed by atoms with E-state index in [0.29, 0.717) is 5.56 Å². The molecule has 1 fully saturated rings. The molecule has 0 aliphatic carbocycles. The van der Waals surface area contributed by atoms with E-state index in [0.717, 1.165) is 0 Å². The van der Waals surface area contributed by atoms with Gasteiger partial charge in [0.05, 0.1) is 16.5 Å². The number of carbonyl (C=O) groups excluding carboxylic acids is 1. The monoisotopic (exact) mass is 428 g/mol. The molecule has 2 aromatic carbocycles. The lowest BCUT2D eigenvalue weighted by atomic mass is 10.1. The number of hydrogen-bond donors (Lipinski definition) is 1. The van der Waals surface area contributed by atoms with Gasteiger partial charge in [-0.2, -0.15) is 4.31 Å². The Morgan fingerprint density at radius 2 is 1.59 bits per heavy atom. The molecule has 27 heavy (non-hydrogen) atoms. The van der Waals surface area contributed by atoms with Crippen LogP contribution in [0.2, 0.25) is 10.0 Å². The number of sulfonamides is 1. The Kier molecular flexibility index (Phi) is 5.95. The summed E-state index contributed by atoms with van der Waals surface area (Å²) in [5.74, 6) is -0.0127. The van der Waals surface area contributed by atoms with Crippen molar-refractivity contribution in [2.75, 3.05) is 26.2 Å².